The molecule has 26 heavy (non-hydrogen) atoms. The van der Waals surface area contributed by atoms with Gasteiger partial charge < -0.3 is 14.2 Å². The zero-order valence-corrected chi connectivity index (χ0v) is 14.9. The highest BCUT2D eigenvalue weighted by atomic mass is 19.4. The number of methoxy groups -OCH3 is 1. The smallest absolute Gasteiger partial charge is 0.383 e. The Kier molecular flexibility index (Phi) is 6.85. The molecule has 0 atom stereocenters. The molecule has 1 aromatic carbocycles. The van der Waals surface area contributed by atoms with E-state index in [-0.39, 0.29) is 5.91 Å². The average Bonchev–Trinajstić information content (AvgIpc) is 3.04. The number of alkyl halides is 3. The molecule has 1 aromatic heterocycles. The molecule has 0 aliphatic carbocycles. The molecule has 0 N–H and O–H groups in total. The maximum absolute atomic E-state index is 12.9. The molecule has 4 nitrogen and oxygen atoms in total. The van der Waals surface area contributed by atoms with Crippen LogP contribution < -0.4 is 0 Å². The summed E-state index contributed by atoms with van der Waals surface area (Å²) in [7, 11) is 1.57. The van der Waals surface area contributed by atoms with Gasteiger partial charge in [-0.2, -0.15) is 13.2 Å². The zero-order chi connectivity index (χ0) is 19.2. The van der Waals surface area contributed by atoms with Crippen molar-refractivity contribution in [2.24, 2.45) is 0 Å². The Morgan fingerprint density at radius 3 is 2.65 bits per heavy atom. The van der Waals surface area contributed by atoms with Gasteiger partial charge >= 0.3 is 6.18 Å². The number of rotatable bonds is 8. The van der Waals surface area contributed by atoms with Crippen molar-refractivity contribution >= 4 is 5.91 Å². The number of amides is 1. The number of carbonyl (C=O) groups excluding carboxylic acids is 1. The van der Waals surface area contributed by atoms with Crippen LogP contribution in [0.25, 0.3) is 0 Å². The number of carbonyl (C=O) groups is 1. The van der Waals surface area contributed by atoms with Crippen LogP contribution in [0.5, 0.6) is 0 Å². The van der Waals surface area contributed by atoms with E-state index in [1.165, 1.54) is 6.07 Å². The van der Waals surface area contributed by atoms with Crippen LogP contribution in [0.3, 0.4) is 0 Å². The van der Waals surface area contributed by atoms with Crippen molar-refractivity contribution in [3.8, 4) is 0 Å². The molecule has 1 heterocycles. The Morgan fingerprint density at radius 2 is 2.00 bits per heavy atom. The van der Waals surface area contributed by atoms with Crippen LogP contribution >= 0.6 is 0 Å². The number of benzene rings is 1. The fourth-order valence-corrected chi connectivity index (χ4v) is 2.70. The Bertz CT molecular complexity index is 726. The van der Waals surface area contributed by atoms with Crippen LogP contribution in [0.1, 0.15) is 30.2 Å². The molecule has 0 fully saturated rings. The van der Waals surface area contributed by atoms with Crippen molar-refractivity contribution < 1.29 is 22.7 Å². The molecule has 7 heteroatoms. The number of aromatic nitrogens is 1. The third-order valence-corrected chi connectivity index (χ3v) is 4.10. The summed E-state index contributed by atoms with van der Waals surface area (Å²) < 4.78 is 45.6. The van der Waals surface area contributed by atoms with Gasteiger partial charge in [0.15, 0.2) is 0 Å². The van der Waals surface area contributed by atoms with Gasteiger partial charge in [-0.25, -0.2) is 0 Å². The van der Waals surface area contributed by atoms with Gasteiger partial charge in [0.25, 0.3) is 0 Å². The van der Waals surface area contributed by atoms with Gasteiger partial charge in [0.05, 0.1) is 18.7 Å². The SMILES string of the molecule is CCC(=O)N(CCOC)Cc1cccn1Cc1cccc(C(F)(F)F)c1. The summed E-state index contributed by atoms with van der Waals surface area (Å²) in [6.07, 6.45) is -2.17. The predicted molar refractivity (Wildman–Crippen MR) is 92.6 cm³/mol. The van der Waals surface area contributed by atoms with Crippen LogP contribution in [0.2, 0.25) is 0 Å². The maximum Gasteiger partial charge on any atom is 0.416 e. The standard InChI is InChI=1S/C19H23F3N2O2/c1-3-18(25)24(10-11-26-2)14-17-8-5-9-23(17)13-15-6-4-7-16(12-15)19(20,21)22/h4-9,12H,3,10-11,13-14H2,1-2H3. The quantitative estimate of drug-likeness (QED) is 0.707. The van der Waals surface area contributed by atoms with Gasteiger partial charge in [-0.3, -0.25) is 4.79 Å². The number of hydrogen-bond acceptors (Lipinski definition) is 2. The van der Waals surface area contributed by atoms with Crippen molar-refractivity contribution in [1.82, 2.24) is 9.47 Å². The summed E-state index contributed by atoms with van der Waals surface area (Å²) in [4.78, 5) is 13.8. The lowest BCUT2D eigenvalue weighted by Crippen LogP contribution is -2.33. The average molecular weight is 368 g/mol. The van der Waals surface area contributed by atoms with Crippen LogP contribution in [0, 0.1) is 0 Å². The van der Waals surface area contributed by atoms with Crippen LogP contribution in [0.15, 0.2) is 42.6 Å². The largest absolute Gasteiger partial charge is 0.416 e. The molecule has 1 amide bonds. The molecule has 0 aliphatic rings. The Labute approximate surface area is 151 Å². The number of hydrogen-bond donors (Lipinski definition) is 0. The number of halogens is 3. The minimum Gasteiger partial charge on any atom is -0.383 e. The van der Waals surface area contributed by atoms with E-state index in [0.717, 1.165) is 17.8 Å². The van der Waals surface area contributed by atoms with Crippen LogP contribution in [-0.2, 0) is 28.8 Å². The number of nitrogens with zero attached hydrogens (tertiary/aromatic N) is 2. The van der Waals surface area contributed by atoms with E-state index < -0.39 is 11.7 Å². The third kappa shape index (κ3) is 5.36. The first-order valence-corrected chi connectivity index (χ1v) is 8.42. The molecule has 0 radical (unpaired) electrons. The lowest BCUT2D eigenvalue weighted by Gasteiger charge is -2.23. The fraction of sp³-hybridized carbons (Fsp3) is 0.421. The van der Waals surface area contributed by atoms with E-state index in [0.29, 0.717) is 38.2 Å². The second kappa shape index (κ2) is 8.89. The lowest BCUT2D eigenvalue weighted by molar-refractivity contribution is -0.137. The normalized spacial score (nSPS) is 11.6. The third-order valence-electron chi connectivity index (χ3n) is 4.10. The van der Waals surface area contributed by atoms with Gasteiger partial charge in [0, 0.05) is 38.5 Å². The summed E-state index contributed by atoms with van der Waals surface area (Å²) in [5.41, 5.74) is 0.759. The van der Waals surface area contributed by atoms with Gasteiger partial charge in [-0.05, 0) is 29.8 Å². The van der Waals surface area contributed by atoms with Crippen molar-refractivity contribution in [1.29, 1.82) is 0 Å². The highest BCUT2D eigenvalue weighted by molar-refractivity contribution is 5.75. The van der Waals surface area contributed by atoms with Gasteiger partial charge in [0.1, 0.15) is 0 Å². The molecule has 0 aliphatic heterocycles. The predicted octanol–water partition coefficient (Wildman–Crippen LogP) is 3.94. The molecule has 0 saturated heterocycles. The van der Waals surface area contributed by atoms with E-state index in [2.05, 4.69) is 0 Å². The zero-order valence-electron chi connectivity index (χ0n) is 14.9. The molecule has 0 unspecified atom stereocenters. The first-order valence-electron chi connectivity index (χ1n) is 8.42. The first-order chi connectivity index (χ1) is 12.3. The summed E-state index contributed by atoms with van der Waals surface area (Å²) in [5.74, 6) is 0.00821. The lowest BCUT2D eigenvalue weighted by atomic mass is 10.1. The monoisotopic (exact) mass is 368 g/mol. The van der Waals surface area contributed by atoms with Gasteiger partial charge in [-0.15, -0.1) is 0 Å². The molecule has 2 aromatic rings. The van der Waals surface area contributed by atoms with Gasteiger partial charge in [-0.1, -0.05) is 19.1 Å². The Morgan fingerprint density at radius 1 is 1.23 bits per heavy atom. The molecular weight excluding hydrogens is 345 g/mol. The Balaban J connectivity index is 2.16. The minimum atomic E-state index is -4.36. The van der Waals surface area contributed by atoms with E-state index >= 15 is 0 Å². The minimum absolute atomic E-state index is 0.00821. The molecule has 142 valence electrons. The van der Waals surface area contributed by atoms with Crippen molar-refractivity contribution in [3.63, 3.8) is 0 Å². The molecule has 0 bridgehead atoms. The topological polar surface area (TPSA) is 34.5 Å². The van der Waals surface area contributed by atoms with E-state index in [9.17, 15) is 18.0 Å². The Hall–Kier alpha value is -2.28. The summed E-state index contributed by atoms with van der Waals surface area (Å²) in [6.45, 7) is 3.40. The van der Waals surface area contributed by atoms with Gasteiger partial charge in [0.2, 0.25) is 5.91 Å². The van der Waals surface area contributed by atoms with Crippen LogP contribution in [-0.4, -0.2) is 35.6 Å². The maximum atomic E-state index is 12.9. The van der Waals surface area contributed by atoms with Crippen molar-refractivity contribution in [2.45, 2.75) is 32.6 Å². The second-order valence-corrected chi connectivity index (χ2v) is 5.99. The first kappa shape index (κ1) is 20.0. The van der Waals surface area contributed by atoms with Crippen LogP contribution in [0.4, 0.5) is 13.2 Å². The summed E-state index contributed by atoms with van der Waals surface area (Å²) in [5, 5.41) is 0. The highest BCUT2D eigenvalue weighted by Gasteiger charge is 2.30. The van der Waals surface area contributed by atoms with Crippen molar-refractivity contribution in [3.05, 3.63) is 59.4 Å². The molecular formula is C19H23F3N2O2. The molecule has 0 saturated carbocycles. The molecule has 2 rings (SSSR count). The van der Waals surface area contributed by atoms with Crippen molar-refractivity contribution in [2.75, 3.05) is 20.3 Å². The van der Waals surface area contributed by atoms with E-state index in [1.54, 1.807) is 31.2 Å². The molecule has 0 spiro atoms. The summed E-state index contributed by atoms with van der Waals surface area (Å²) in [6, 6.07) is 8.99. The van der Waals surface area contributed by atoms with E-state index in [4.69, 9.17) is 4.74 Å². The summed E-state index contributed by atoms with van der Waals surface area (Å²) >= 11 is 0. The fourth-order valence-electron chi connectivity index (χ4n) is 2.70. The van der Waals surface area contributed by atoms with E-state index in [1.807, 2.05) is 16.7 Å². The second-order valence-electron chi connectivity index (χ2n) is 5.99. The number of ether oxygens (including phenoxy) is 1. The highest BCUT2D eigenvalue weighted by Crippen LogP contribution is 2.29.